The van der Waals surface area contributed by atoms with Gasteiger partial charge in [-0.15, -0.1) is 0 Å². The largest absolute Gasteiger partial charge is 0.394 e. The van der Waals surface area contributed by atoms with Crippen molar-refractivity contribution in [3.63, 3.8) is 0 Å². The van der Waals surface area contributed by atoms with E-state index in [1.54, 1.807) is 0 Å². The summed E-state index contributed by atoms with van der Waals surface area (Å²) < 4.78 is 5.07. The second-order valence-electron chi connectivity index (χ2n) is 3.32. The molecular weight excluding hydrogens is 176 g/mol. The molecule has 0 heterocycles. The van der Waals surface area contributed by atoms with Crippen molar-refractivity contribution in [1.29, 1.82) is 0 Å². The molecule has 5 heteroatoms. The number of hydrogen-bond donors (Lipinski definition) is 4. The molecule has 0 saturated heterocycles. The summed E-state index contributed by atoms with van der Waals surface area (Å²) in [7, 11) is 0. The van der Waals surface area contributed by atoms with Crippen LogP contribution in [0, 0.1) is 0 Å². The Bertz CT molecular complexity index is 151. The van der Waals surface area contributed by atoms with Gasteiger partial charge >= 0.3 is 0 Å². The number of rotatable bonds is 3. The van der Waals surface area contributed by atoms with Gasteiger partial charge in [-0.05, 0) is 0 Å². The molecule has 1 fully saturated rings. The van der Waals surface area contributed by atoms with Crippen molar-refractivity contribution >= 4 is 0 Å². The minimum Gasteiger partial charge on any atom is -0.394 e. The van der Waals surface area contributed by atoms with Crippen LogP contribution in [-0.2, 0) is 4.74 Å². The van der Waals surface area contributed by atoms with Crippen LogP contribution in [0.4, 0.5) is 0 Å². The standard InChI is InChI=1S/C8H16O5/c9-1-2-13-7-4-5(10)3-6(11)8(7)12/h5-12H,1-4H2/t5-,6-,7-,8-/m1/s1. The van der Waals surface area contributed by atoms with E-state index in [1.807, 2.05) is 0 Å². The maximum Gasteiger partial charge on any atom is 0.106 e. The summed E-state index contributed by atoms with van der Waals surface area (Å²) in [4.78, 5) is 0. The van der Waals surface area contributed by atoms with E-state index < -0.39 is 24.4 Å². The Kier molecular flexibility index (Phi) is 4.08. The highest BCUT2D eigenvalue weighted by atomic mass is 16.5. The van der Waals surface area contributed by atoms with Crippen molar-refractivity contribution in [3.05, 3.63) is 0 Å². The lowest BCUT2D eigenvalue weighted by Gasteiger charge is -2.34. The maximum absolute atomic E-state index is 9.41. The van der Waals surface area contributed by atoms with E-state index in [0.717, 1.165) is 0 Å². The molecule has 0 aromatic carbocycles. The van der Waals surface area contributed by atoms with Crippen molar-refractivity contribution in [1.82, 2.24) is 0 Å². The molecule has 13 heavy (non-hydrogen) atoms. The molecule has 0 aromatic rings. The van der Waals surface area contributed by atoms with Crippen molar-refractivity contribution in [3.8, 4) is 0 Å². The van der Waals surface area contributed by atoms with E-state index >= 15 is 0 Å². The third-order valence-corrected chi connectivity index (χ3v) is 2.22. The molecule has 0 aliphatic heterocycles. The minimum absolute atomic E-state index is 0.112. The van der Waals surface area contributed by atoms with Gasteiger partial charge in [0.05, 0.1) is 31.5 Å². The van der Waals surface area contributed by atoms with Gasteiger partial charge in [-0.2, -0.15) is 0 Å². The summed E-state index contributed by atoms with van der Waals surface area (Å²) in [6.07, 6.45) is -2.63. The van der Waals surface area contributed by atoms with Crippen molar-refractivity contribution in [2.24, 2.45) is 0 Å². The van der Waals surface area contributed by atoms with Gasteiger partial charge in [-0.3, -0.25) is 0 Å². The van der Waals surface area contributed by atoms with Crippen LogP contribution in [0.1, 0.15) is 12.8 Å². The van der Waals surface area contributed by atoms with Crippen LogP contribution in [0.2, 0.25) is 0 Å². The van der Waals surface area contributed by atoms with Crippen molar-refractivity contribution < 1.29 is 25.2 Å². The van der Waals surface area contributed by atoms with Gasteiger partial charge < -0.3 is 25.2 Å². The predicted molar refractivity (Wildman–Crippen MR) is 44.1 cm³/mol. The lowest BCUT2D eigenvalue weighted by atomic mass is 9.90. The summed E-state index contributed by atoms with van der Waals surface area (Å²) in [6.45, 7) is -0.0173. The fourth-order valence-electron chi connectivity index (χ4n) is 1.54. The second-order valence-corrected chi connectivity index (χ2v) is 3.32. The van der Waals surface area contributed by atoms with E-state index in [2.05, 4.69) is 0 Å². The molecule has 0 amide bonds. The Hall–Kier alpha value is -0.200. The summed E-state index contributed by atoms with van der Waals surface area (Å²) in [6, 6.07) is 0. The Balaban J connectivity index is 2.41. The molecule has 4 N–H and O–H groups in total. The smallest absolute Gasteiger partial charge is 0.106 e. The summed E-state index contributed by atoms with van der Waals surface area (Å²) in [5.74, 6) is 0. The Morgan fingerprint density at radius 2 is 1.85 bits per heavy atom. The first-order chi connectivity index (χ1) is 6.15. The minimum atomic E-state index is -0.963. The van der Waals surface area contributed by atoms with Gasteiger partial charge in [0.25, 0.3) is 0 Å². The third-order valence-electron chi connectivity index (χ3n) is 2.22. The van der Waals surface area contributed by atoms with Gasteiger partial charge in [0.15, 0.2) is 0 Å². The zero-order valence-corrected chi connectivity index (χ0v) is 7.33. The van der Waals surface area contributed by atoms with Crippen LogP contribution >= 0.6 is 0 Å². The number of hydrogen-bond acceptors (Lipinski definition) is 5. The van der Waals surface area contributed by atoms with E-state index in [1.165, 1.54) is 0 Å². The average molecular weight is 192 g/mol. The Morgan fingerprint density at radius 3 is 2.46 bits per heavy atom. The van der Waals surface area contributed by atoms with E-state index in [4.69, 9.17) is 9.84 Å². The van der Waals surface area contributed by atoms with E-state index in [-0.39, 0.29) is 19.6 Å². The van der Waals surface area contributed by atoms with Gasteiger partial charge in [0.1, 0.15) is 6.10 Å². The second kappa shape index (κ2) is 4.88. The van der Waals surface area contributed by atoms with E-state index in [0.29, 0.717) is 6.42 Å². The molecule has 0 unspecified atom stereocenters. The quantitative estimate of drug-likeness (QED) is 0.425. The van der Waals surface area contributed by atoms with Gasteiger partial charge in [-0.1, -0.05) is 0 Å². The maximum atomic E-state index is 9.41. The first kappa shape index (κ1) is 10.9. The van der Waals surface area contributed by atoms with Crippen molar-refractivity contribution in [2.45, 2.75) is 37.3 Å². The molecule has 1 rings (SSSR count). The van der Waals surface area contributed by atoms with Crippen molar-refractivity contribution in [2.75, 3.05) is 13.2 Å². The first-order valence-electron chi connectivity index (χ1n) is 4.41. The molecule has 4 atom stereocenters. The predicted octanol–water partition coefficient (Wildman–Crippen LogP) is -1.76. The lowest BCUT2D eigenvalue weighted by Crippen LogP contribution is -2.47. The van der Waals surface area contributed by atoms with Gasteiger partial charge in [-0.25, -0.2) is 0 Å². The number of ether oxygens (including phenoxy) is 1. The zero-order chi connectivity index (χ0) is 9.84. The Labute approximate surface area is 76.6 Å². The molecule has 0 aromatic heterocycles. The van der Waals surface area contributed by atoms with E-state index in [9.17, 15) is 15.3 Å². The first-order valence-corrected chi connectivity index (χ1v) is 4.41. The third kappa shape index (κ3) is 2.89. The molecule has 5 nitrogen and oxygen atoms in total. The highest BCUT2D eigenvalue weighted by Gasteiger charge is 2.35. The highest BCUT2D eigenvalue weighted by molar-refractivity contribution is 4.86. The number of aliphatic hydroxyl groups is 4. The van der Waals surface area contributed by atoms with Crippen LogP contribution < -0.4 is 0 Å². The Morgan fingerprint density at radius 1 is 1.15 bits per heavy atom. The zero-order valence-electron chi connectivity index (χ0n) is 7.33. The molecule has 1 saturated carbocycles. The summed E-state index contributed by atoms with van der Waals surface area (Å²) in [5.41, 5.74) is 0. The fraction of sp³-hybridized carbons (Fsp3) is 1.00. The van der Waals surface area contributed by atoms with Gasteiger partial charge in [0, 0.05) is 12.8 Å². The molecule has 0 radical (unpaired) electrons. The van der Waals surface area contributed by atoms with Crippen LogP contribution in [-0.4, -0.2) is 58.1 Å². The molecule has 0 bridgehead atoms. The number of aliphatic hydroxyl groups excluding tert-OH is 4. The van der Waals surface area contributed by atoms with Crippen LogP contribution in [0.3, 0.4) is 0 Å². The SMILES string of the molecule is OCCO[C@@H]1C[C@H](O)C[C@@H](O)[C@H]1O. The van der Waals surface area contributed by atoms with Crippen LogP contribution in [0.15, 0.2) is 0 Å². The molecule has 78 valence electrons. The lowest BCUT2D eigenvalue weighted by molar-refractivity contribution is -0.142. The monoisotopic (exact) mass is 192 g/mol. The van der Waals surface area contributed by atoms with Crippen LogP contribution in [0.25, 0.3) is 0 Å². The molecule has 1 aliphatic rings. The normalized spacial score (nSPS) is 40.6. The van der Waals surface area contributed by atoms with Crippen LogP contribution in [0.5, 0.6) is 0 Å². The fourth-order valence-corrected chi connectivity index (χ4v) is 1.54. The summed E-state index contributed by atoms with van der Waals surface area (Å²) in [5, 5.41) is 36.4. The molecule has 1 aliphatic carbocycles. The summed E-state index contributed by atoms with van der Waals surface area (Å²) >= 11 is 0. The molecular formula is C8H16O5. The van der Waals surface area contributed by atoms with Gasteiger partial charge in [0.2, 0.25) is 0 Å². The topological polar surface area (TPSA) is 90.2 Å². The highest BCUT2D eigenvalue weighted by Crippen LogP contribution is 2.22. The molecule has 0 spiro atoms. The average Bonchev–Trinajstić information content (AvgIpc) is 2.09.